The summed E-state index contributed by atoms with van der Waals surface area (Å²) in [7, 11) is 0. The Kier molecular flexibility index (Phi) is 44.2. The molecule has 0 radical (unpaired) electrons. The van der Waals surface area contributed by atoms with E-state index in [-0.39, 0.29) is 6.61 Å². The number of aliphatic hydroxyl groups excluding tert-OH is 3. The van der Waals surface area contributed by atoms with Gasteiger partial charge in [-0.05, 0) is 70.6 Å². The van der Waals surface area contributed by atoms with E-state index in [9.17, 15) is 20.1 Å². The SMILES string of the molecule is CCCCC/C=C\C=C/CCCCCCCCCCCC(O)C(=O)NC(CO)C(O)/C=C/CC/C=C/CC/C=C/CCCCCCCCCCCCCCCC. The highest BCUT2D eigenvalue weighted by Crippen LogP contribution is 2.15. The molecule has 5 nitrogen and oxygen atoms in total. The highest BCUT2D eigenvalue weighted by atomic mass is 16.3. The molecule has 5 heteroatoms. The Morgan fingerprint density at radius 2 is 0.786 bits per heavy atom. The van der Waals surface area contributed by atoms with Crippen LogP contribution < -0.4 is 5.32 Å². The van der Waals surface area contributed by atoms with Gasteiger partial charge in [0.15, 0.2) is 0 Å². The van der Waals surface area contributed by atoms with Crippen molar-refractivity contribution in [1.29, 1.82) is 0 Å². The summed E-state index contributed by atoms with van der Waals surface area (Å²) in [4.78, 5) is 12.5. The normalized spacial score (nSPS) is 14.0. The summed E-state index contributed by atoms with van der Waals surface area (Å²) in [6.45, 7) is 4.14. The average Bonchev–Trinajstić information content (AvgIpc) is 3.20. The lowest BCUT2D eigenvalue weighted by molar-refractivity contribution is -0.131. The van der Waals surface area contributed by atoms with Gasteiger partial charge >= 0.3 is 0 Å². The maximum absolute atomic E-state index is 12.5. The van der Waals surface area contributed by atoms with Gasteiger partial charge in [-0.2, -0.15) is 0 Å². The second-order valence-corrected chi connectivity index (χ2v) is 16.3. The van der Waals surface area contributed by atoms with Crippen molar-refractivity contribution in [3.63, 3.8) is 0 Å². The first kappa shape index (κ1) is 54.0. The molecule has 0 aromatic rings. The van der Waals surface area contributed by atoms with E-state index in [4.69, 9.17) is 0 Å². The van der Waals surface area contributed by atoms with Gasteiger partial charge < -0.3 is 20.6 Å². The number of nitrogens with one attached hydrogen (secondary N) is 1. The van der Waals surface area contributed by atoms with Crippen LogP contribution in [-0.4, -0.2) is 46.1 Å². The Labute approximate surface area is 348 Å². The number of rotatable bonds is 43. The van der Waals surface area contributed by atoms with Crippen LogP contribution in [-0.2, 0) is 4.79 Å². The number of hydrogen-bond donors (Lipinski definition) is 4. The molecule has 0 aliphatic rings. The summed E-state index contributed by atoms with van der Waals surface area (Å²) < 4.78 is 0. The van der Waals surface area contributed by atoms with Crippen molar-refractivity contribution in [3.05, 3.63) is 60.8 Å². The van der Waals surface area contributed by atoms with E-state index in [2.05, 4.69) is 67.8 Å². The molecule has 3 atom stereocenters. The zero-order valence-corrected chi connectivity index (χ0v) is 37.0. The third kappa shape index (κ3) is 40.3. The summed E-state index contributed by atoms with van der Waals surface area (Å²) in [6, 6.07) is -0.826. The van der Waals surface area contributed by atoms with Crippen molar-refractivity contribution in [2.24, 2.45) is 0 Å². The molecule has 0 saturated heterocycles. The van der Waals surface area contributed by atoms with Crippen LogP contribution in [0.4, 0.5) is 0 Å². The highest BCUT2D eigenvalue weighted by molar-refractivity contribution is 5.80. The highest BCUT2D eigenvalue weighted by Gasteiger charge is 2.22. The van der Waals surface area contributed by atoms with Crippen LogP contribution in [0.5, 0.6) is 0 Å². The molecule has 4 N–H and O–H groups in total. The van der Waals surface area contributed by atoms with E-state index in [1.807, 2.05) is 6.08 Å². The molecular formula is C51H93NO4. The largest absolute Gasteiger partial charge is 0.394 e. The predicted octanol–water partition coefficient (Wildman–Crippen LogP) is 14.3. The van der Waals surface area contributed by atoms with Crippen molar-refractivity contribution >= 4 is 5.91 Å². The minimum Gasteiger partial charge on any atom is -0.394 e. The van der Waals surface area contributed by atoms with Crippen LogP contribution in [0, 0.1) is 0 Å². The lowest BCUT2D eigenvalue weighted by Crippen LogP contribution is -2.48. The summed E-state index contributed by atoms with van der Waals surface area (Å²) in [6.07, 6.45) is 61.2. The summed E-state index contributed by atoms with van der Waals surface area (Å²) in [5, 5.41) is 33.2. The quantitative estimate of drug-likeness (QED) is 0.0282. The van der Waals surface area contributed by atoms with Crippen molar-refractivity contribution in [2.45, 2.75) is 250 Å². The summed E-state index contributed by atoms with van der Waals surface area (Å²) in [5.74, 6) is -0.522. The Hall–Kier alpha value is -1.95. The van der Waals surface area contributed by atoms with E-state index in [1.54, 1.807) is 6.08 Å². The fourth-order valence-electron chi connectivity index (χ4n) is 7.03. The van der Waals surface area contributed by atoms with Crippen molar-refractivity contribution in [1.82, 2.24) is 5.32 Å². The molecule has 0 saturated carbocycles. The standard InChI is InChI=1S/C51H93NO4/c1-3-5-7-9-11-13-15-17-19-21-23-24-25-26-27-28-30-31-33-35-37-39-41-43-45-49(54)48(47-53)52-51(56)50(55)46-44-42-40-38-36-34-32-29-22-20-18-16-14-12-10-8-6-4-2/h12,14,16,18,28,30,35,37,43,45,48-50,53-55H,3-11,13,15,17,19-27,29,31-34,36,38-42,44,46-47H2,1-2H3,(H,52,56)/b14-12-,18-16-,30-28+,37-35+,45-43+. The van der Waals surface area contributed by atoms with Crippen LogP contribution >= 0.6 is 0 Å². The van der Waals surface area contributed by atoms with Gasteiger partial charge in [-0.15, -0.1) is 0 Å². The average molecular weight is 784 g/mol. The number of carbonyl (C=O) groups excluding carboxylic acids is 1. The Morgan fingerprint density at radius 3 is 1.23 bits per heavy atom. The zero-order valence-electron chi connectivity index (χ0n) is 37.0. The Morgan fingerprint density at radius 1 is 0.446 bits per heavy atom. The monoisotopic (exact) mass is 784 g/mol. The smallest absolute Gasteiger partial charge is 0.249 e. The van der Waals surface area contributed by atoms with Crippen molar-refractivity contribution < 1.29 is 20.1 Å². The lowest BCUT2D eigenvalue weighted by Gasteiger charge is -2.21. The second kappa shape index (κ2) is 45.7. The molecule has 56 heavy (non-hydrogen) atoms. The maximum atomic E-state index is 12.5. The van der Waals surface area contributed by atoms with Crippen molar-refractivity contribution in [3.8, 4) is 0 Å². The fraction of sp³-hybridized carbons (Fsp3) is 0.784. The van der Waals surface area contributed by atoms with E-state index < -0.39 is 24.2 Å². The Bertz CT molecular complexity index is 954. The van der Waals surface area contributed by atoms with E-state index in [0.29, 0.717) is 6.42 Å². The molecule has 0 aliphatic heterocycles. The van der Waals surface area contributed by atoms with Gasteiger partial charge in [-0.25, -0.2) is 0 Å². The lowest BCUT2D eigenvalue weighted by atomic mass is 10.0. The maximum Gasteiger partial charge on any atom is 0.249 e. The summed E-state index contributed by atoms with van der Waals surface area (Å²) >= 11 is 0. The number of carbonyl (C=O) groups is 1. The topological polar surface area (TPSA) is 89.8 Å². The minimum absolute atomic E-state index is 0.385. The minimum atomic E-state index is -1.12. The molecule has 326 valence electrons. The number of hydrogen-bond acceptors (Lipinski definition) is 4. The molecular weight excluding hydrogens is 691 g/mol. The fourth-order valence-corrected chi connectivity index (χ4v) is 7.03. The van der Waals surface area contributed by atoms with Gasteiger partial charge in [0.25, 0.3) is 0 Å². The molecule has 0 rings (SSSR count). The number of unbranched alkanes of at least 4 members (excludes halogenated alkanes) is 28. The number of aliphatic hydroxyl groups is 3. The molecule has 0 aromatic carbocycles. The molecule has 0 bridgehead atoms. The molecule has 0 spiro atoms. The number of allylic oxidation sites excluding steroid dienone is 9. The van der Waals surface area contributed by atoms with E-state index in [1.165, 1.54) is 167 Å². The molecule has 0 aromatic heterocycles. The van der Waals surface area contributed by atoms with Gasteiger partial charge in [0.1, 0.15) is 6.10 Å². The van der Waals surface area contributed by atoms with Gasteiger partial charge in [0.2, 0.25) is 5.91 Å². The van der Waals surface area contributed by atoms with Crippen LogP contribution in [0.15, 0.2) is 60.8 Å². The number of amides is 1. The predicted molar refractivity (Wildman–Crippen MR) is 245 cm³/mol. The molecule has 0 fully saturated rings. The first-order valence-corrected chi connectivity index (χ1v) is 24.1. The molecule has 0 aliphatic carbocycles. The van der Waals surface area contributed by atoms with Crippen LogP contribution in [0.1, 0.15) is 232 Å². The van der Waals surface area contributed by atoms with Gasteiger partial charge in [-0.3, -0.25) is 4.79 Å². The van der Waals surface area contributed by atoms with Crippen molar-refractivity contribution in [2.75, 3.05) is 6.61 Å². The van der Waals surface area contributed by atoms with E-state index >= 15 is 0 Å². The van der Waals surface area contributed by atoms with Crippen LogP contribution in [0.3, 0.4) is 0 Å². The van der Waals surface area contributed by atoms with Gasteiger partial charge in [0.05, 0.1) is 18.8 Å². The first-order chi connectivity index (χ1) is 27.6. The van der Waals surface area contributed by atoms with Gasteiger partial charge in [0, 0.05) is 0 Å². The van der Waals surface area contributed by atoms with Gasteiger partial charge in [-0.1, -0.05) is 222 Å². The first-order valence-electron chi connectivity index (χ1n) is 24.1. The third-order valence-corrected chi connectivity index (χ3v) is 10.8. The second-order valence-electron chi connectivity index (χ2n) is 16.3. The van der Waals surface area contributed by atoms with E-state index in [0.717, 1.165) is 44.9 Å². The van der Waals surface area contributed by atoms with Crippen LogP contribution in [0.2, 0.25) is 0 Å². The Balaban J connectivity index is 3.73. The zero-order chi connectivity index (χ0) is 40.8. The third-order valence-electron chi connectivity index (χ3n) is 10.8. The van der Waals surface area contributed by atoms with Crippen LogP contribution in [0.25, 0.3) is 0 Å². The molecule has 0 heterocycles. The summed E-state index contributed by atoms with van der Waals surface area (Å²) in [5.41, 5.74) is 0. The molecule has 3 unspecified atom stereocenters. The molecule has 1 amide bonds.